The van der Waals surface area contributed by atoms with Crippen molar-refractivity contribution in [2.45, 2.75) is 33.4 Å². The lowest BCUT2D eigenvalue weighted by molar-refractivity contribution is 0.237. The van der Waals surface area contributed by atoms with Gasteiger partial charge in [0.1, 0.15) is 0 Å². The number of thiophene rings is 1. The summed E-state index contributed by atoms with van der Waals surface area (Å²) in [5, 5.41) is 7.82. The van der Waals surface area contributed by atoms with Crippen LogP contribution in [0.1, 0.15) is 34.0 Å². The number of rotatable bonds is 4. The highest BCUT2D eigenvalue weighted by atomic mass is 32.1. The number of hydrogen-bond acceptors (Lipinski definition) is 4. The van der Waals surface area contributed by atoms with Crippen LogP contribution in [0, 0.1) is 13.8 Å². The van der Waals surface area contributed by atoms with E-state index in [0.717, 1.165) is 10.7 Å². The van der Waals surface area contributed by atoms with Gasteiger partial charge in [-0.05, 0) is 32.4 Å². The zero-order valence-electron chi connectivity index (χ0n) is 12.7. The van der Waals surface area contributed by atoms with Crippen LogP contribution in [0.15, 0.2) is 23.8 Å². The van der Waals surface area contributed by atoms with Crippen molar-refractivity contribution < 1.29 is 4.79 Å². The SMILES string of the molecule is Cc1cc(C(C)NC(=O)NCc2cn3ccsc3n2)c(C)s1. The van der Waals surface area contributed by atoms with Gasteiger partial charge < -0.3 is 10.6 Å². The summed E-state index contributed by atoms with van der Waals surface area (Å²) in [5.41, 5.74) is 2.04. The molecule has 3 heterocycles. The molecule has 0 aliphatic heterocycles. The molecule has 0 saturated heterocycles. The standard InChI is InChI=1S/C15H18N4OS2/c1-9-6-13(11(3)22-9)10(2)17-14(20)16-7-12-8-19-4-5-21-15(19)18-12/h4-6,8,10H,7H2,1-3H3,(H2,16,17,20). The van der Waals surface area contributed by atoms with E-state index in [4.69, 9.17) is 0 Å². The maximum Gasteiger partial charge on any atom is 0.315 e. The minimum atomic E-state index is -0.174. The molecule has 0 fully saturated rings. The zero-order chi connectivity index (χ0) is 15.7. The third kappa shape index (κ3) is 3.15. The Morgan fingerprint density at radius 2 is 2.27 bits per heavy atom. The molecule has 0 saturated carbocycles. The van der Waals surface area contributed by atoms with Gasteiger partial charge in [0.05, 0.1) is 18.3 Å². The normalized spacial score (nSPS) is 12.5. The van der Waals surface area contributed by atoms with Crippen molar-refractivity contribution in [3.63, 3.8) is 0 Å². The molecule has 0 aliphatic carbocycles. The number of nitrogens with zero attached hydrogens (tertiary/aromatic N) is 2. The van der Waals surface area contributed by atoms with Gasteiger partial charge in [-0.2, -0.15) is 0 Å². The first-order valence-electron chi connectivity index (χ1n) is 7.05. The lowest BCUT2D eigenvalue weighted by Gasteiger charge is -2.14. The van der Waals surface area contributed by atoms with Gasteiger partial charge in [-0.1, -0.05) is 0 Å². The summed E-state index contributed by atoms with van der Waals surface area (Å²) in [6.45, 7) is 6.59. The van der Waals surface area contributed by atoms with E-state index in [-0.39, 0.29) is 12.1 Å². The first kappa shape index (κ1) is 15.1. The number of imidazole rings is 1. The van der Waals surface area contributed by atoms with Gasteiger partial charge in [0, 0.05) is 27.5 Å². The van der Waals surface area contributed by atoms with Crippen molar-refractivity contribution in [3.05, 3.63) is 44.9 Å². The minimum absolute atomic E-state index is 0.00422. The molecular formula is C15H18N4OS2. The van der Waals surface area contributed by atoms with Crippen LogP contribution in [-0.2, 0) is 6.54 Å². The second kappa shape index (κ2) is 6.10. The fourth-order valence-corrected chi connectivity index (χ4v) is 4.18. The Kier molecular flexibility index (Phi) is 4.17. The zero-order valence-corrected chi connectivity index (χ0v) is 14.3. The number of hydrogen-bond donors (Lipinski definition) is 2. The van der Waals surface area contributed by atoms with Gasteiger partial charge in [0.25, 0.3) is 0 Å². The second-order valence-corrected chi connectivity index (χ2v) is 7.58. The number of carbonyl (C=O) groups excluding carboxylic acids is 1. The molecule has 0 radical (unpaired) electrons. The molecule has 0 aliphatic rings. The molecule has 7 heteroatoms. The molecule has 0 aromatic carbocycles. The predicted octanol–water partition coefficient (Wildman–Crippen LogP) is 3.63. The molecule has 22 heavy (non-hydrogen) atoms. The Morgan fingerprint density at radius 3 is 2.95 bits per heavy atom. The van der Waals surface area contributed by atoms with Crippen molar-refractivity contribution in [1.29, 1.82) is 0 Å². The molecule has 0 bridgehead atoms. The number of carbonyl (C=O) groups is 1. The monoisotopic (exact) mass is 334 g/mol. The first-order valence-corrected chi connectivity index (χ1v) is 8.75. The number of aromatic nitrogens is 2. The number of amides is 2. The van der Waals surface area contributed by atoms with Crippen LogP contribution in [0.4, 0.5) is 4.79 Å². The van der Waals surface area contributed by atoms with Gasteiger partial charge in [-0.3, -0.25) is 4.40 Å². The summed E-state index contributed by atoms with van der Waals surface area (Å²) < 4.78 is 1.96. The second-order valence-electron chi connectivity index (χ2n) is 5.24. The molecule has 2 amide bonds. The Labute approximate surface area is 137 Å². The molecule has 2 N–H and O–H groups in total. The topological polar surface area (TPSA) is 58.4 Å². The molecular weight excluding hydrogens is 316 g/mol. The van der Waals surface area contributed by atoms with Crippen molar-refractivity contribution >= 4 is 33.7 Å². The average molecular weight is 334 g/mol. The van der Waals surface area contributed by atoms with Crippen LogP contribution in [0.3, 0.4) is 0 Å². The van der Waals surface area contributed by atoms with Crippen LogP contribution in [0.2, 0.25) is 0 Å². The van der Waals surface area contributed by atoms with E-state index in [1.165, 1.54) is 15.3 Å². The third-order valence-electron chi connectivity index (χ3n) is 3.47. The van der Waals surface area contributed by atoms with Gasteiger partial charge in [0.2, 0.25) is 0 Å². The number of aryl methyl sites for hydroxylation is 2. The summed E-state index contributed by atoms with van der Waals surface area (Å²) in [7, 11) is 0. The Morgan fingerprint density at radius 1 is 1.45 bits per heavy atom. The quantitative estimate of drug-likeness (QED) is 0.765. The molecule has 5 nitrogen and oxygen atoms in total. The molecule has 0 spiro atoms. The Balaban J connectivity index is 1.55. The lowest BCUT2D eigenvalue weighted by Crippen LogP contribution is -2.36. The average Bonchev–Trinajstić information content (AvgIpc) is 3.10. The molecule has 3 aromatic rings. The highest BCUT2D eigenvalue weighted by Crippen LogP contribution is 2.25. The van der Waals surface area contributed by atoms with Gasteiger partial charge in [-0.15, -0.1) is 22.7 Å². The first-order chi connectivity index (χ1) is 10.5. The number of thiazole rings is 1. The summed E-state index contributed by atoms with van der Waals surface area (Å²) >= 11 is 3.33. The Hall–Kier alpha value is -1.86. The van der Waals surface area contributed by atoms with Crippen molar-refractivity contribution in [1.82, 2.24) is 20.0 Å². The maximum atomic E-state index is 12.0. The smallest absolute Gasteiger partial charge is 0.315 e. The van der Waals surface area contributed by atoms with E-state index in [0.29, 0.717) is 6.54 Å². The predicted molar refractivity (Wildman–Crippen MR) is 90.6 cm³/mol. The van der Waals surface area contributed by atoms with E-state index in [2.05, 4.69) is 35.5 Å². The van der Waals surface area contributed by atoms with Crippen LogP contribution < -0.4 is 10.6 Å². The summed E-state index contributed by atoms with van der Waals surface area (Å²) in [5.74, 6) is 0. The van der Waals surface area contributed by atoms with Crippen LogP contribution in [0.5, 0.6) is 0 Å². The molecule has 1 atom stereocenters. The highest BCUT2D eigenvalue weighted by Gasteiger charge is 2.14. The lowest BCUT2D eigenvalue weighted by atomic mass is 10.1. The van der Waals surface area contributed by atoms with Gasteiger partial charge in [0.15, 0.2) is 4.96 Å². The van der Waals surface area contributed by atoms with E-state index < -0.39 is 0 Å². The molecule has 3 aromatic heterocycles. The Bertz CT molecular complexity index is 773. The number of nitrogens with one attached hydrogen (secondary N) is 2. The van der Waals surface area contributed by atoms with E-state index >= 15 is 0 Å². The summed E-state index contributed by atoms with van der Waals surface area (Å²) in [6, 6.07) is 1.96. The van der Waals surface area contributed by atoms with Crippen LogP contribution in [-0.4, -0.2) is 15.4 Å². The van der Waals surface area contributed by atoms with Crippen molar-refractivity contribution in [2.75, 3.05) is 0 Å². The molecule has 116 valence electrons. The number of fused-ring (bicyclic) bond motifs is 1. The van der Waals surface area contributed by atoms with E-state index in [1.807, 2.05) is 29.1 Å². The van der Waals surface area contributed by atoms with Crippen molar-refractivity contribution in [3.8, 4) is 0 Å². The highest BCUT2D eigenvalue weighted by molar-refractivity contribution is 7.15. The van der Waals surface area contributed by atoms with Crippen LogP contribution >= 0.6 is 22.7 Å². The summed E-state index contributed by atoms with van der Waals surface area (Å²) in [6.07, 6.45) is 3.89. The van der Waals surface area contributed by atoms with E-state index in [1.54, 1.807) is 22.7 Å². The number of urea groups is 1. The molecule has 3 rings (SSSR count). The fraction of sp³-hybridized carbons (Fsp3) is 0.333. The minimum Gasteiger partial charge on any atom is -0.332 e. The van der Waals surface area contributed by atoms with Crippen LogP contribution in [0.25, 0.3) is 4.96 Å². The van der Waals surface area contributed by atoms with Gasteiger partial charge in [-0.25, -0.2) is 9.78 Å². The van der Waals surface area contributed by atoms with E-state index in [9.17, 15) is 4.79 Å². The summed E-state index contributed by atoms with van der Waals surface area (Å²) in [4.78, 5) is 19.9. The largest absolute Gasteiger partial charge is 0.332 e. The molecule has 1 unspecified atom stereocenters. The fourth-order valence-electron chi connectivity index (χ4n) is 2.44. The van der Waals surface area contributed by atoms with Gasteiger partial charge >= 0.3 is 6.03 Å². The maximum absolute atomic E-state index is 12.0. The van der Waals surface area contributed by atoms with Crippen molar-refractivity contribution in [2.24, 2.45) is 0 Å². The third-order valence-corrected chi connectivity index (χ3v) is 5.22.